The molecule has 7 heteroatoms. The molecule has 5 aromatic heterocycles. The average Bonchev–Trinajstić information content (AvgIpc) is 4.21. The molecule has 0 bridgehead atoms. The molecule has 326 valence electrons. The van der Waals surface area contributed by atoms with Crippen molar-refractivity contribution in [3.8, 4) is 67.5 Å². The molecule has 70 heavy (non-hydrogen) atoms. The first kappa shape index (κ1) is 39.3. The van der Waals surface area contributed by atoms with E-state index in [1.807, 2.05) is 77.3 Å². The molecule has 15 aromatic rings. The van der Waals surface area contributed by atoms with Gasteiger partial charge in [-0.2, -0.15) is 0 Å². The highest BCUT2D eigenvalue weighted by atomic mass is 32.1. The number of thiophene rings is 2. The van der Waals surface area contributed by atoms with E-state index < -0.39 is 0 Å². The Morgan fingerprint density at radius 2 is 0.871 bits per heavy atom. The van der Waals surface area contributed by atoms with Crippen molar-refractivity contribution >= 4 is 107 Å². The first-order valence-corrected chi connectivity index (χ1v) is 24.9. The number of para-hydroxylation sites is 2. The monoisotopic (exact) mass is 929 g/mol. The van der Waals surface area contributed by atoms with E-state index in [-0.39, 0.29) is 0 Å². The van der Waals surface area contributed by atoms with Crippen LogP contribution < -0.4 is 0 Å². The standard InChI is InChI=1S/C63H35N3O2S2/c1-2-12-37(13-3-1)61-64-62(38-26-24-36(25-27-38)42-17-10-18-47-44-14-4-7-20-51(44)68-59(42)47)66-63(65-61)49-19-11-21-53-57(49)50-34-39(29-33-52(50)67-53)41-31-32-43(60-58(41)48-16-6-9-23-55(48)70-60)40-28-30-46-45-15-5-8-22-54(45)69-56(46)35-40/h1-35H. The van der Waals surface area contributed by atoms with Gasteiger partial charge in [-0.1, -0.05) is 170 Å². The number of benzene rings is 10. The maximum Gasteiger partial charge on any atom is 0.164 e. The number of aromatic nitrogens is 3. The third-order valence-corrected chi connectivity index (χ3v) is 16.1. The lowest BCUT2D eigenvalue weighted by atomic mass is 9.93. The second-order valence-corrected chi connectivity index (χ2v) is 19.9. The summed E-state index contributed by atoms with van der Waals surface area (Å²) in [4.78, 5) is 15.6. The van der Waals surface area contributed by atoms with Gasteiger partial charge in [0.15, 0.2) is 17.5 Å². The minimum absolute atomic E-state index is 0.574. The number of furan rings is 2. The molecule has 0 saturated heterocycles. The quantitative estimate of drug-likeness (QED) is 0.166. The third kappa shape index (κ3) is 6.12. The van der Waals surface area contributed by atoms with Crippen LogP contribution in [0.2, 0.25) is 0 Å². The van der Waals surface area contributed by atoms with E-state index in [4.69, 9.17) is 23.8 Å². The topological polar surface area (TPSA) is 65.0 Å². The van der Waals surface area contributed by atoms with Gasteiger partial charge in [-0.05, 0) is 70.3 Å². The Morgan fingerprint density at radius 1 is 0.286 bits per heavy atom. The van der Waals surface area contributed by atoms with Gasteiger partial charge >= 0.3 is 0 Å². The van der Waals surface area contributed by atoms with Crippen LogP contribution in [0.1, 0.15) is 0 Å². The number of hydrogen-bond acceptors (Lipinski definition) is 7. The highest BCUT2D eigenvalue weighted by molar-refractivity contribution is 7.26. The zero-order chi connectivity index (χ0) is 45.9. The summed E-state index contributed by atoms with van der Waals surface area (Å²) in [7, 11) is 0. The highest BCUT2D eigenvalue weighted by Gasteiger charge is 2.21. The lowest BCUT2D eigenvalue weighted by Gasteiger charge is -2.11. The van der Waals surface area contributed by atoms with Crippen LogP contribution in [0.4, 0.5) is 0 Å². The summed E-state index contributed by atoms with van der Waals surface area (Å²) in [6.45, 7) is 0. The van der Waals surface area contributed by atoms with E-state index in [2.05, 4.69) is 158 Å². The first-order valence-electron chi connectivity index (χ1n) is 23.3. The molecule has 0 radical (unpaired) electrons. The summed E-state index contributed by atoms with van der Waals surface area (Å²) in [5.41, 5.74) is 12.9. The summed E-state index contributed by atoms with van der Waals surface area (Å²) in [6, 6.07) is 74.9. The van der Waals surface area contributed by atoms with Crippen molar-refractivity contribution in [1.29, 1.82) is 0 Å². The van der Waals surface area contributed by atoms with Gasteiger partial charge in [0, 0.05) is 84.1 Å². The van der Waals surface area contributed by atoms with Crippen LogP contribution in [-0.4, -0.2) is 15.0 Å². The average molecular weight is 930 g/mol. The van der Waals surface area contributed by atoms with E-state index in [9.17, 15) is 0 Å². The minimum atomic E-state index is 0.574. The molecule has 0 aliphatic rings. The summed E-state index contributed by atoms with van der Waals surface area (Å²) in [5.74, 6) is 1.76. The lowest BCUT2D eigenvalue weighted by molar-refractivity contribution is 0.669. The van der Waals surface area contributed by atoms with Gasteiger partial charge in [0.2, 0.25) is 0 Å². The highest BCUT2D eigenvalue weighted by Crippen LogP contribution is 2.47. The third-order valence-electron chi connectivity index (χ3n) is 13.8. The molecule has 15 rings (SSSR count). The van der Waals surface area contributed by atoms with Gasteiger partial charge in [-0.15, -0.1) is 22.7 Å². The molecule has 0 amide bonds. The second kappa shape index (κ2) is 15.4. The van der Waals surface area contributed by atoms with Crippen molar-refractivity contribution in [3.05, 3.63) is 212 Å². The minimum Gasteiger partial charge on any atom is -0.456 e. The zero-order valence-electron chi connectivity index (χ0n) is 37.2. The van der Waals surface area contributed by atoms with Crippen molar-refractivity contribution in [2.75, 3.05) is 0 Å². The molecule has 5 nitrogen and oxygen atoms in total. The molecular formula is C63H35N3O2S2. The zero-order valence-corrected chi connectivity index (χ0v) is 38.8. The predicted octanol–water partition coefficient (Wildman–Crippen LogP) is 18.4. The van der Waals surface area contributed by atoms with Gasteiger partial charge in [0.1, 0.15) is 22.3 Å². The fourth-order valence-electron chi connectivity index (χ4n) is 10.5. The number of nitrogens with zero attached hydrogens (tertiary/aromatic N) is 3. The maximum absolute atomic E-state index is 6.64. The van der Waals surface area contributed by atoms with Crippen LogP contribution in [0, 0.1) is 0 Å². The van der Waals surface area contributed by atoms with Crippen molar-refractivity contribution in [2.24, 2.45) is 0 Å². The van der Waals surface area contributed by atoms with Gasteiger partial charge in [0.25, 0.3) is 0 Å². The Balaban J connectivity index is 0.873. The normalized spacial score (nSPS) is 12.0. The summed E-state index contributed by atoms with van der Waals surface area (Å²) in [6.07, 6.45) is 0. The fraction of sp³-hybridized carbons (Fsp3) is 0. The molecule has 0 aliphatic heterocycles. The number of rotatable bonds is 6. The molecule has 5 heterocycles. The van der Waals surface area contributed by atoms with E-state index in [1.54, 1.807) is 0 Å². The Kier molecular flexibility index (Phi) is 8.63. The summed E-state index contributed by atoms with van der Waals surface area (Å²) in [5, 5.41) is 9.31. The van der Waals surface area contributed by atoms with Gasteiger partial charge in [-0.3, -0.25) is 0 Å². The first-order chi connectivity index (χ1) is 34.7. The van der Waals surface area contributed by atoms with Crippen molar-refractivity contribution in [2.45, 2.75) is 0 Å². The van der Waals surface area contributed by atoms with E-state index in [1.165, 1.54) is 57.0 Å². The molecule has 0 spiro atoms. The molecule has 10 aromatic carbocycles. The maximum atomic E-state index is 6.64. The van der Waals surface area contributed by atoms with E-state index in [0.717, 1.165) is 77.3 Å². The van der Waals surface area contributed by atoms with Gasteiger partial charge in [-0.25, -0.2) is 15.0 Å². The number of hydrogen-bond donors (Lipinski definition) is 0. The molecule has 0 N–H and O–H groups in total. The van der Waals surface area contributed by atoms with Crippen LogP contribution in [0.15, 0.2) is 221 Å². The Hall–Kier alpha value is -8.75. The van der Waals surface area contributed by atoms with Crippen LogP contribution in [0.25, 0.3) is 152 Å². The molecular weight excluding hydrogens is 895 g/mol. The van der Waals surface area contributed by atoms with E-state index >= 15 is 0 Å². The van der Waals surface area contributed by atoms with Crippen LogP contribution in [0.3, 0.4) is 0 Å². The lowest BCUT2D eigenvalue weighted by Crippen LogP contribution is -2.00. The molecule has 0 aliphatic carbocycles. The Labute approximate surface area is 408 Å². The van der Waals surface area contributed by atoms with Gasteiger partial charge in [0.05, 0.1) is 0 Å². The van der Waals surface area contributed by atoms with Crippen LogP contribution in [-0.2, 0) is 0 Å². The molecule has 0 fully saturated rings. The summed E-state index contributed by atoms with van der Waals surface area (Å²) >= 11 is 3.73. The number of fused-ring (bicyclic) bond motifs is 12. The SMILES string of the molecule is c1ccc(-c2nc(-c3ccc(-c4cccc5c4oc4ccccc45)cc3)nc(-c3cccc4oc5ccc(-c6ccc(-c7ccc8c(c7)sc7ccccc78)c7sc8ccccc8c67)cc5c34)n2)cc1. The molecule has 0 saturated carbocycles. The summed E-state index contributed by atoms with van der Waals surface area (Å²) < 4.78 is 18.2. The molecule has 0 atom stereocenters. The van der Waals surface area contributed by atoms with Crippen LogP contribution in [0.5, 0.6) is 0 Å². The molecule has 0 unspecified atom stereocenters. The smallest absolute Gasteiger partial charge is 0.164 e. The largest absolute Gasteiger partial charge is 0.456 e. The van der Waals surface area contributed by atoms with Gasteiger partial charge < -0.3 is 8.83 Å². The van der Waals surface area contributed by atoms with Crippen molar-refractivity contribution in [1.82, 2.24) is 15.0 Å². The Bertz CT molecular complexity index is 4600. The van der Waals surface area contributed by atoms with E-state index in [0.29, 0.717) is 17.5 Å². The fourth-order valence-corrected chi connectivity index (χ4v) is 12.9. The Morgan fingerprint density at radius 3 is 1.73 bits per heavy atom. The van der Waals surface area contributed by atoms with Crippen LogP contribution >= 0.6 is 22.7 Å². The second-order valence-electron chi connectivity index (χ2n) is 17.8. The van der Waals surface area contributed by atoms with Crippen molar-refractivity contribution < 1.29 is 8.83 Å². The van der Waals surface area contributed by atoms with Crippen molar-refractivity contribution in [3.63, 3.8) is 0 Å². The predicted molar refractivity (Wildman–Crippen MR) is 293 cm³/mol.